The van der Waals surface area contributed by atoms with E-state index in [0.29, 0.717) is 11.9 Å². The van der Waals surface area contributed by atoms with Crippen LogP contribution in [-0.2, 0) is 4.79 Å². The Hall–Kier alpha value is -1.61. The van der Waals surface area contributed by atoms with Crippen molar-refractivity contribution in [2.75, 3.05) is 34.2 Å². The van der Waals surface area contributed by atoms with E-state index in [1.807, 2.05) is 0 Å². The zero-order chi connectivity index (χ0) is 46.0. The average molecular weight is 881 g/mol. The van der Waals surface area contributed by atoms with Gasteiger partial charge in [-0.1, -0.05) is 236 Å². The van der Waals surface area contributed by atoms with Crippen LogP contribution < -0.4 is 0 Å². The minimum atomic E-state index is 0.358. The number of unbranched alkanes of at least 4 members (excludes halogenated alkanes) is 32. The Morgan fingerprint density at radius 2 is 0.683 bits per heavy atom. The minimum absolute atomic E-state index is 0.358. The lowest BCUT2D eigenvalue weighted by Gasteiger charge is -2.39. The average Bonchev–Trinajstić information content (AvgIpc) is 3.28. The quantitative estimate of drug-likeness (QED) is 0.0339. The molecule has 0 spiro atoms. The Morgan fingerprint density at radius 1 is 0.397 bits per heavy atom. The summed E-state index contributed by atoms with van der Waals surface area (Å²) in [7, 11) is 6.99. The molecule has 0 unspecified atom stereocenters. The lowest BCUT2D eigenvalue weighted by molar-refractivity contribution is -0.915. The van der Waals surface area contributed by atoms with Gasteiger partial charge in [0.2, 0.25) is 5.91 Å². The maximum atomic E-state index is 13.1. The Balaban J connectivity index is 4.51. The first-order valence-corrected chi connectivity index (χ1v) is 28.6. The number of rotatable bonds is 50. The van der Waals surface area contributed by atoms with Crippen LogP contribution in [0.4, 0.5) is 0 Å². The lowest BCUT2D eigenvalue weighted by Crippen LogP contribution is -2.52. The SMILES string of the molecule is CCCCCC=CCC=CCCCCCCCCC(CCCCCCCCC=CCC=CCCCCC)[N+](C)(C)CCN(C)C(=O)CCCCCCCCCCCCCCCCC. The van der Waals surface area contributed by atoms with Gasteiger partial charge in [0.15, 0.2) is 0 Å². The summed E-state index contributed by atoms with van der Waals surface area (Å²) in [5.41, 5.74) is 0. The lowest BCUT2D eigenvalue weighted by atomic mass is 9.97. The largest absolute Gasteiger partial charge is 0.340 e. The number of amides is 1. The summed E-state index contributed by atoms with van der Waals surface area (Å²) >= 11 is 0. The predicted octanol–water partition coefficient (Wildman–Crippen LogP) is 19.6. The number of carbonyl (C=O) groups excluding carboxylic acids is 1. The van der Waals surface area contributed by atoms with Crippen molar-refractivity contribution in [3.63, 3.8) is 0 Å². The Kier molecular flexibility index (Phi) is 48.5. The topological polar surface area (TPSA) is 20.3 Å². The number of hydrogen-bond donors (Lipinski definition) is 0. The van der Waals surface area contributed by atoms with Gasteiger partial charge in [-0.2, -0.15) is 0 Å². The van der Waals surface area contributed by atoms with Crippen LogP contribution >= 0.6 is 0 Å². The molecule has 0 radical (unpaired) electrons. The van der Waals surface area contributed by atoms with Gasteiger partial charge in [0.1, 0.15) is 0 Å². The fraction of sp³-hybridized carbons (Fsp3) is 0.850. The van der Waals surface area contributed by atoms with Crippen LogP contribution in [0.25, 0.3) is 0 Å². The highest BCUT2D eigenvalue weighted by Crippen LogP contribution is 2.23. The molecule has 0 aliphatic carbocycles. The van der Waals surface area contributed by atoms with Gasteiger partial charge in [-0.25, -0.2) is 0 Å². The molecule has 3 heteroatoms. The summed E-state index contributed by atoms with van der Waals surface area (Å²) in [6, 6.07) is 0.695. The molecule has 0 heterocycles. The fourth-order valence-electron chi connectivity index (χ4n) is 9.13. The highest BCUT2D eigenvalue weighted by molar-refractivity contribution is 5.75. The van der Waals surface area contributed by atoms with E-state index in [1.54, 1.807) is 0 Å². The maximum Gasteiger partial charge on any atom is 0.222 e. The molecule has 0 saturated carbocycles. The second kappa shape index (κ2) is 49.8. The van der Waals surface area contributed by atoms with Crippen LogP contribution in [0.15, 0.2) is 48.6 Å². The van der Waals surface area contributed by atoms with Crippen LogP contribution in [0.5, 0.6) is 0 Å². The van der Waals surface area contributed by atoms with Gasteiger partial charge < -0.3 is 9.38 Å². The van der Waals surface area contributed by atoms with E-state index in [0.717, 1.165) is 43.3 Å². The normalized spacial score (nSPS) is 12.9. The van der Waals surface area contributed by atoms with Gasteiger partial charge in [-0.3, -0.25) is 4.79 Å². The molecule has 0 bridgehead atoms. The summed E-state index contributed by atoms with van der Waals surface area (Å²) in [5, 5.41) is 0. The minimum Gasteiger partial charge on any atom is -0.340 e. The molecule has 1 amide bonds. The molecule has 370 valence electrons. The van der Waals surface area contributed by atoms with Crippen molar-refractivity contribution in [2.45, 2.75) is 296 Å². The van der Waals surface area contributed by atoms with E-state index in [9.17, 15) is 4.79 Å². The third-order valence-corrected chi connectivity index (χ3v) is 13.9. The van der Waals surface area contributed by atoms with Gasteiger partial charge >= 0.3 is 0 Å². The van der Waals surface area contributed by atoms with Crippen molar-refractivity contribution in [3.05, 3.63) is 48.6 Å². The van der Waals surface area contributed by atoms with E-state index >= 15 is 0 Å². The summed E-state index contributed by atoms with van der Waals surface area (Å²) in [6.45, 7) is 8.80. The van der Waals surface area contributed by atoms with Gasteiger partial charge in [-0.05, 0) is 96.3 Å². The van der Waals surface area contributed by atoms with Crippen molar-refractivity contribution < 1.29 is 9.28 Å². The molecule has 0 atom stereocenters. The molecule has 0 saturated heterocycles. The molecule has 63 heavy (non-hydrogen) atoms. The Bertz CT molecular complexity index is 991. The first-order chi connectivity index (χ1) is 30.9. The Labute approximate surface area is 397 Å². The van der Waals surface area contributed by atoms with Gasteiger partial charge in [0, 0.05) is 13.5 Å². The van der Waals surface area contributed by atoms with Gasteiger partial charge in [0.25, 0.3) is 0 Å². The van der Waals surface area contributed by atoms with Crippen molar-refractivity contribution in [1.29, 1.82) is 0 Å². The Morgan fingerprint density at radius 3 is 1.05 bits per heavy atom. The molecule has 0 aromatic heterocycles. The number of carbonyl (C=O) groups is 1. The van der Waals surface area contributed by atoms with E-state index in [2.05, 4.69) is 95.4 Å². The fourth-order valence-corrected chi connectivity index (χ4v) is 9.13. The molecule has 0 rings (SSSR count). The highest BCUT2D eigenvalue weighted by Gasteiger charge is 2.28. The van der Waals surface area contributed by atoms with E-state index in [-0.39, 0.29) is 0 Å². The molecular weight excluding hydrogens is 765 g/mol. The van der Waals surface area contributed by atoms with Gasteiger partial charge in [0.05, 0.1) is 33.2 Å². The number of allylic oxidation sites excluding steroid dienone is 8. The van der Waals surface area contributed by atoms with Crippen molar-refractivity contribution >= 4 is 5.91 Å². The van der Waals surface area contributed by atoms with Crippen LogP contribution in [-0.4, -0.2) is 55.6 Å². The van der Waals surface area contributed by atoms with Crippen LogP contribution in [0, 0.1) is 0 Å². The van der Waals surface area contributed by atoms with Crippen molar-refractivity contribution in [1.82, 2.24) is 4.90 Å². The van der Waals surface area contributed by atoms with Crippen LogP contribution in [0.1, 0.15) is 290 Å². The zero-order valence-electron chi connectivity index (χ0n) is 44.1. The summed E-state index contributed by atoms with van der Waals surface area (Å²) in [5.74, 6) is 0.358. The second-order valence-corrected chi connectivity index (χ2v) is 20.4. The third-order valence-electron chi connectivity index (χ3n) is 13.9. The molecule has 0 aromatic carbocycles. The summed E-state index contributed by atoms with van der Waals surface area (Å²) in [6.07, 6.45) is 74.4. The molecule has 0 aromatic rings. The number of quaternary nitrogens is 1. The molecular formula is C60H115N2O+. The molecule has 0 aliphatic heterocycles. The summed E-state index contributed by atoms with van der Waals surface area (Å²) in [4.78, 5) is 15.2. The van der Waals surface area contributed by atoms with Crippen LogP contribution in [0.2, 0.25) is 0 Å². The predicted molar refractivity (Wildman–Crippen MR) is 286 cm³/mol. The van der Waals surface area contributed by atoms with Gasteiger partial charge in [-0.15, -0.1) is 0 Å². The zero-order valence-corrected chi connectivity index (χ0v) is 44.1. The van der Waals surface area contributed by atoms with Crippen molar-refractivity contribution in [3.8, 4) is 0 Å². The molecule has 0 fully saturated rings. The first-order valence-electron chi connectivity index (χ1n) is 28.6. The molecule has 3 nitrogen and oxygen atoms in total. The highest BCUT2D eigenvalue weighted by atomic mass is 16.2. The number of hydrogen-bond acceptors (Lipinski definition) is 1. The molecule has 0 aliphatic rings. The van der Waals surface area contributed by atoms with Crippen molar-refractivity contribution in [2.24, 2.45) is 0 Å². The van der Waals surface area contributed by atoms with Crippen LogP contribution in [0.3, 0.4) is 0 Å². The third kappa shape index (κ3) is 45.3. The summed E-state index contributed by atoms with van der Waals surface area (Å²) < 4.78 is 1.05. The number of nitrogens with zero attached hydrogens (tertiary/aromatic N) is 2. The smallest absolute Gasteiger partial charge is 0.222 e. The van der Waals surface area contributed by atoms with E-state index in [4.69, 9.17) is 0 Å². The monoisotopic (exact) mass is 880 g/mol. The van der Waals surface area contributed by atoms with E-state index in [1.165, 1.54) is 244 Å². The second-order valence-electron chi connectivity index (χ2n) is 20.4. The standard InChI is InChI=1S/C60H115N2O/c1-7-10-13-16-19-22-25-28-31-34-36-39-42-45-48-51-54-59(55-52-49-46-43-40-37-35-32-29-26-23-20-17-14-11-8-2)62(5,6)58-57-61(4)60(63)56-53-50-47-44-41-38-33-30-27-24-21-18-15-12-9-3/h19-20,22-23,28-29,31-32,59H,7-18,21,24-27,30,33-58H2,1-6H3/q+1. The first kappa shape index (κ1) is 61.4. The maximum absolute atomic E-state index is 13.1. The number of likely N-dealkylation sites (N-methyl/N-ethyl adjacent to an activating group) is 2. The molecule has 0 N–H and O–H groups in total. The van der Waals surface area contributed by atoms with E-state index < -0.39 is 0 Å².